The number of carbonyl (C=O) groups is 2. The van der Waals surface area contributed by atoms with Gasteiger partial charge in [0.05, 0.1) is 17.6 Å². The van der Waals surface area contributed by atoms with E-state index in [-0.39, 0.29) is 37.1 Å². The number of aryl methyl sites for hydroxylation is 1. The fraction of sp³-hybridized carbons (Fsp3) is 0.321. The molecule has 0 aliphatic heterocycles. The molecule has 0 bridgehead atoms. The topological polar surface area (TPSA) is 145 Å². The molecule has 4 aromatic rings. The first kappa shape index (κ1) is 27.4. The van der Waals surface area contributed by atoms with E-state index in [4.69, 9.17) is 10.5 Å². The maximum Gasteiger partial charge on any atom is 0.330 e. The van der Waals surface area contributed by atoms with Crippen molar-refractivity contribution in [3.05, 3.63) is 86.8 Å². The highest BCUT2D eigenvalue weighted by atomic mass is 16.5. The lowest BCUT2D eigenvalue weighted by Gasteiger charge is -2.26. The van der Waals surface area contributed by atoms with Crippen LogP contribution < -0.4 is 21.9 Å². The Balaban J connectivity index is 1.57. The van der Waals surface area contributed by atoms with Crippen molar-refractivity contribution in [2.75, 3.05) is 23.8 Å². The highest BCUT2D eigenvalue weighted by Crippen LogP contribution is 2.20. The van der Waals surface area contributed by atoms with Gasteiger partial charge in [0, 0.05) is 13.0 Å². The molecule has 11 heteroatoms. The van der Waals surface area contributed by atoms with E-state index in [2.05, 4.69) is 9.97 Å². The summed E-state index contributed by atoms with van der Waals surface area (Å²) in [6.45, 7) is 5.18. The number of hydrogen-bond acceptors (Lipinski definition) is 7. The van der Waals surface area contributed by atoms with Crippen molar-refractivity contribution >= 4 is 34.4 Å². The monoisotopic (exact) mass is 532 g/mol. The minimum Gasteiger partial charge on any atom is -0.454 e. The number of fused-ring (bicyclic) bond motifs is 1. The van der Waals surface area contributed by atoms with Gasteiger partial charge in [-0.2, -0.15) is 0 Å². The molecule has 39 heavy (non-hydrogen) atoms. The summed E-state index contributed by atoms with van der Waals surface area (Å²) in [4.78, 5) is 59.5. The van der Waals surface area contributed by atoms with Crippen LogP contribution in [0.5, 0.6) is 0 Å². The number of H-pyrrole nitrogens is 1. The minimum atomic E-state index is -0.792. The van der Waals surface area contributed by atoms with E-state index < -0.39 is 29.7 Å². The van der Waals surface area contributed by atoms with E-state index in [0.29, 0.717) is 6.42 Å². The molecule has 4 rings (SSSR count). The molecule has 2 aromatic heterocycles. The Morgan fingerprint density at radius 1 is 1.05 bits per heavy atom. The van der Waals surface area contributed by atoms with E-state index in [0.717, 1.165) is 22.4 Å². The van der Waals surface area contributed by atoms with Crippen LogP contribution in [0.25, 0.3) is 11.0 Å². The Morgan fingerprint density at radius 2 is 1.74 bits per heavy atom. The summed E-state index contributed by atoms with van der Waals surface area (Å²) in [6.07, 6.45) is 0.615. The molecule has 11 nitrogen and oxygen atoms in total. The molecule has 0 saturated carbocycles. The fourth-order valence-electron chi connectivity index (χ4n) is 4.41. The number of amides is 1. The second-order valence-corrected chi connectivity index (χ2v) is 9.58. The molecule has 0 radical (unpaired) electrons. The van der Waals surface area contributed by atoms with Crippen molar-refractivity contribution in [3.63, 3.8) is 0 Å². The zero-order chi connectivity index (χ0) is 28.1. The van der Waals surface area contributed by atoms with Gasteiger partial charge in [-0.15, -0.1) is 0 Å². The molecule has 0 unspecified atom stereocenters. The number of rotatable bonds is 10. The number of aromatic amines is 1. The minimum absolute atomic E-state index is 0.0534. The van der Waals surface area contributed by atoms with E-state index in [1.807, 2.05) is 75.4 Å². The predicted octanol–water partition coefficient (Wildman–Crippen LogP) is 2.31. The smallest absolute Gasteiger partial charge is 0.330 e. The van der Waals surface area contributed by atoms with Crippen LogP contribution in [-0.4, -0.2) is 44.1 Å². The summed E-state index contributed by atoms with van der Waals surface area (Å²) in [6, 6.07) is 16.6. The average molecular weight is 533 g/mol. The van der Waals surface area contributed by atoms with Gasteiger partial charge in [-0.25, -0.2) is 9.78 Å². The maximum atomic E-state index is 13.3. The second kappa shape index (κ2) is 11.8. The molecular formula is C28H32N6O5. The van der Waals surface area contributed by atoms with Crippen LogP contribution in [0.1, 0.15) is 32.2 Å². The van der Waals surface area contributed by atoms with E-state index in [9.17, 15) is 19.2 Å². The van der Waals surface area contributed by atoms with Gasteiger partial charge in [0.2, 0.25) is 0 Å². The highest BCUT2D eigenvalue weighted by Gasteiger charge is 2.26. The molecule has 0 aliphatic carbocycles. The van der Waals surface area contributed by atoms with Gasteiger partial charge in [-0.05, 0) is 23.6 Å². The number of carbonyl (C=O) groups excluding carboxylic acids is 2. The summed E-state index contributed by atoms with van der Waals surface area (Å²) < 4.78 is 8.30. The van der Waals surface area contributed by atoms with Crippen molar-refractivity contribution in [2.45, 2.75) is 40.3 Å². The molecule has 2 heterocycles. The van der Waals surface area contributed by atoms with Crippen molar-refractivity contribution in [1.82, 2.24) is 19.1 Å². The summed E-state index contributed by atoms with van der Waals surface area (Å²) in [5.41, 5.74) is 7.02. The SMILES string of the molecule is CCc1nc2ccccc2n1CC(=O)OCC(=O)N(CC(C)C)c1c(N)n(Cc2ccccc2)c(=O)[nH]c1=O. The first-order chi connectivity index (χ1) is 18.7. The maximum absolute atomic E-state index is 13.3. The zero-order valence-corrected chi connectivity index (χ0v) is 22.2. The molecule has 0 atom stereocenters. The van der Waals surface area contributed by atoms with Crippen LogP contribution in [0.4, 0.5) is 11.5 Å². The number of ether oxygens (including phenoxy) is 1. The van der Waals surface area contributed by atoms with E-state index in [1.165, 1.54) is 9.47 Å². The van der Waals surface area contributed by atoms with Gasteiger partial charge in [0.1, 0.15) is 18.2 Å². The van der Waals surface area contributed by atoms with Gasteiger partial charge in [-0.1, -0.05) is 63.2 Å². The Bertz CT molecular complexity index is 1600. The molecule has 0 fully saturated rings. The molecule has 3 N–H and O–H groups in total. The Morgan fingerprint density at radius 3 is 2.44 bits per heavy atom. The van der Waals surface area contributed by atoms with Crippen LogP contribution in [0.15, 0.2) is 64.2 Å². The second-order valence-electron chi connectivity index (χ2n) is 9.58. The molecule has 204 valence electrons. The third-order valence-electron chi connectivity index (χ3n) is 6.21. The molecule has 1 amide bonds. The van der Waals surface area contributed by atoms with Crippen molar-refractivity contribution in [1.29, 1.82) is 0 Å². The van der Waals surface area contributed by atoms with Crippen LogP contribution in [-0.2, 0) is 33.8 Å². The highest BCUT2D eigenvalue weighted by molar-refractivity contribution is 5.97. The zero-order valence-electron chi connectivity index (χ0n) is 22.2. The summed E-state index contributed by atoms with van der Waals surface area (Å²) in [5, 5.41) is 0. The summed E-state index contributed by atoms with van der Waals surface area (Å²) >= 11 is 0. The lowest BCUT2D eigenvalue weighted by atomic mass is 10.2. The number of aromatic nitrogens is 4. The first-order valence-electron chi connectivity index (χ1n) is 12.8. The van der Waals surface area contributed by atoms with E-state index in [1.54, 1.807) is 4.57 Å². The third-order valence-corrected chi connectivity index (χ3v) is 6.21. The lowest BCUT2D eigenvalue weighted by molar-refractivity contribution is -0.148. The van der Waals surface area contributed by atoms with Crippen LogP contribution >= 0.6 is 0 Å². The molecule has 0 aliphatic rings. The number of nitrogen functional groups attached to an aromatic ring is 1. The van der Waals surface area contributed by atoms with Crippen LogP contribution in [0, 0.1) is 5.92 Å². The van der Waals surface area contributed by atoms with Gasteiger partial charge < -0.3 is 19.9 Å². The molecule has 2 aromatic carbocycles. The number of hydrogen-bond donors (Lipinski definition) is 2. The van der Waals surface area contributed by atoms with Crippen molar-refractivity contribution < 1.29 is 14.3 Å². The molecule has 0 saturated heterocycles. The third kappa shape index (κ3) is 6.08. The molecule has 0 spiro atoms. The Labute approximate surface area is 224 Å². The quantitative estimate of drug-likeness (QED) is 0.298. The normalized spacial score (nSPS) is 11.2. The van der Waals surface area contributed by atoms with Crippen LogP contribution in [0.3, 0.4) is 0 Å². The number of nitrogens with two attached hydrogens (primary N) is 1. The van der Waals surface area contributed by atoms with Gasteiger partial charge in [0.25, 0.3) is 11.5 Å². The number of nitrogens with zero attached hydrogens (tertiary/aromatic N) is 4. The number of para-hydroxylation sites is 2. The Kier molecular flexibility index (Phi) is 8.28. The van der Waals surface area contributed by atoms with Crippen molar-refractivity contribution in [3.8, 4) is 0 Å². The fourth-order valence-corrected chi connectivity index (χ4v) is 4.41. The number of esters is 1. The van der Waals surface area contributed by atoms with Gasteiger partial charge >= 0.3 is 11.7 Å². The predicted molar refractivity (Wildman–Crippen MR) is 149 cm³/mol. The number of benzene rings is 2. The Hall–Kier alpha value is -4.67. The number of anilines is 2. The van der Waals surface area contributed by atoms with E-state index >= 15 is 0 Å². The largest absolute Gasteiger partial charge is 0.454 e. The summed E-state index contributed by atoms with van der Waals surface area (Å²) in [7, 11) is 0. The number of imidazole rings is 1. The molecular weight excluding hydrogens is 500 g/mol. The van der Waals surface area contributed by atoms with Gasteiger partial charge in [-0.3, -0.25) is 23.9 Å². The van der Waals surface area contributed by atoms with Crippen LogP contribution in [0.2, 0.25) is 0 Å². The number of nitrogens with one attached hydrogen (secondary N) is 1. The van der Waals surface area contributed by atoms with Crippen molar-refractivity contribution in [2.24, 2.45) is 5.92 Å². The standard InChI is InChI=1S/C28H32N6O5/c1-4-22-30-20-12-8-9-13-21(20)32(22)16-24(36)39-17-23(35)33(14-18(2)3)25-26(29)34(28(38)31-27(25)37)15-19-10-6-5-7-11-19/h5-13,18H,4,14-17,29H2,1-3H3,(H,31,37,38). The lowest BCUT2D eigenvalue weighted by Crippen LogP contribution is -2.44. The first-order valence-corrected chi connectivity index (χ1v) is 12.8. The summed E-state index contributed by atoms with van der Waals surface area (Å²) in [5.74, 6) is -0.735. The average Bonchev–Trinajstić information content (AvgIpc) is 3.26. The van der Waals surface area contributed by atoms with Gasteiger partial charge in [0.15, 0.2) is 12.3 Å².